The lowest BCUT2D eigenvalue weighted by atomic mass is 10.2. The molecule has 0 aliphatic carbocycles. The van der Waals surface area contributed by atoms with Crippen LogP contribution >= 0.6 is 12.0 Å². The summed E-state index contributed by atoms with van der Waals surface area (Å²) in [6.07, 6.45) is 3.31. The first-order valence-electron chi connectivity index (χ1n) is 11.2. The van der Waals surface area contributed by atoms with Gasteiger partial charge in [-0.1, -0.05) is 26.0 Å². The Labute approximate surface area is 215 Å². The highest BCUT2D eigenvalue weighted by Gasteiger charge is 2.21. The maximum absolute atomic E-state index is 14.3. The van der Waals surface area contributed by atoms with Crippen molar-refractivity contribution >= 4 is 29.5 Å². The number of pyridine rings is 2. The number of nitrogens with zero attached hydrogens (tertiary/aromatic N) is 2. The number of amides is 1. The van der Waals surface area contributed by atoms with Crippen LogP contribution in [0.4, 0.5) is 15.9 Å². The van der Waals surface area contributed by atoms with E-state index in [9.17, 15) is 14.0 Å². The predicted octanol–water partition coefficient (Wildman–Crippen LogP) is 6.31. The zero-order valence-corrected chi connectivity index (χ0v) is 22.4. The van der Waals surface area contributed by atoms with E-state index in [0.29, 0.717) is 5.75 Å². The molecule has 0 aliphatic heterocycles. The second kappa shape index (κ2) is 14.7. The minimum atomic E-state index is -0.833. The van der Waals surface area contributed by atoms with E-state index in [1.165, 1.54) is 29.9 Å². The Morgan fingerprint density at radius 2 is 1.89 bits per heavy atom. The number of halogens is 1. The van der Waals surface area contributed by atoms with Gasteiger partial charge in [-0.3, -0.25) is 19.1 Å². The Hall–Kier alpha value is -3.63. The maximum atomic E-state index is 14.3. The SMILES string of the molecule is C/C=C(\C)SO.CC.Cc1ccc(Nc2c(C(N)=O)c(Oc3ccc(C)nc3)cc(=O)n2C)c(F)c1. The molecule has 0 saturated carbocycles. The standard InChI is InChI=1S/C20H19FN4O3.C4H8OS.C2H6/c1-11-4-7-15(14(21)8-11)24-20-18(19(22)27)16(9-17(26)25(20)3)28-13-6-5-12(2)23-10-13;1-3-4(2)6-5;1-2/h4-10,24H,1-3H3,(H2,22,27);3,5H,1-2H3;1-2H3/b;4-3+;. The van der Waals surface area contributed by atoms with Crippen LogP contribution < -0.4 is 21.3 Å². The van der Waals surface area contributed by atoms with Crippen LogP contribution in [0.3, 0.4) is 0 Å². The van der Waals surface area contributed by atoms with Gasteiger partial charge >= 0.3 is 0 Å². The Morgan fingerprint density at radius 1 is 1.22 bits per heavy atom. The van der Waals surface area contributed by atoms with Crippen LogP contribution in [0.15, 0.2) is 58.4 Å². The number of allylic oxidation sites excluding steroid dienone is 2. The minimum Gasteiger partial charge on any atom is -0.455 e. The van der Waals surface area contributed by atoms with Crippen molar-refractivity contribution in [3.05, 3.63) is 86.6 Å². The topological polar surface area (TPSA) is 119 Å². The van der Waals surface area contributed by atoms with Crippen molar-refractivity contribution in [3.63, 3.8) is 0 Å². The molecule has 1 amide bonds. The van der Waals surface area contributed by atoms with Gasteiger partial charge < -0.3 is 20.3 Å². The molecule has 2 aromatic heterocycles. The monoisotopic (exact) mass is 516 g/mol. The molecule has 4 N–H and O–H groups in total. The van der Waals surface area contributed by atoms with Gasteiger partial charge in [-0.05, 0) is 57.5 Å². The van der Waals surface area contributed by atoms with Crippen LogP contribution in [0.2, 0.25) is 0 Å². The predicted molar refractivity (Wildman–Crippen MR) is 145 cm³/mol. The van der Waals surface area contributed by atoms with E-state index >= 15 is 0 Å². The molecule has 0 fully saturated rings. The normalized spacial score (nSPS) is 10.4. The summed E-state index contributed by atoms with van der Waals surface area (Å²) in [7, 11) is 1.44. The highest BCUT2D eigenvalue weighted by molar-refractivity contribution is 7.97. The van der Waals surface area contributed by atoms with Crippen LogP contribution in [0.25, 0.3) is 0 Å². The van der Waals surface area contributed by atoms with Crippen molar-refractivity contribution in [2.24, 2.45) is 12.8 Å². The number of nitrogens with two attached hydrogens (primary N) is 1. The molecule has 0 atom stereocenters. The maximum Gasteiger partial charge on any atom is 0.256 e. The summed E-state index contributed by atoms with van der Waals surface area (Å²) in [4.78, 5) is 29.6. The van der Waals surface area contributed by atoms with Crippen LogP contribution in [0.1, 0.15) is 49.3 Å². The number of hydrogen-bond acceptors (Lipinski definition) is 7. The molecule has 0 unspecified atom stereocenters. The summed E-state index contributed by atoms with van der Waals surface area (Å²) < 4.78 is 29.3. The number of carbonyl (C=O) groups excluding carboxylic acids is 1. The number of anilines is 2. The van der Waals surface area contributed by atoms with Gasteiger partial charge in [0.25, 0.3) is 11.5 Å². The third-order valence-electron chi connectivity index (χ3n) is 4.69. The van der Waals surface area contributed by atoms with Crippen LogP contribution in [0, 0.1) is 19.7 Å². The van der Waals surface area contributed by atoms with Crippen LogP contribution in [0.5, 0.6) is 11.5 Å². The molecule has 0 saturated heterocycles. The van der Waals surface area contributed by atoms with E-state index in [-0.39, 0.29) is 22.8 Å². The molecule has 194 valence electrons. The average Bonchev–Trinajstić information content (AvgIpc) is 2.86. The molecular weight excluding hydrogens is 483 g/mol. The van der Waals surface area contributed by atoms with Gasteiger partial charge in [0.15, 0.2) is 0 Å². The van der Waals surface area contributed by atoms with Gasteiger partial charge in [-0.2, -0.15) is 0 Å². The Morgan fingerprint density at radius 3 is 2.36 bits per heavy atom. The molecule has 8 nitrogen and oxygen atoms in total. The molecular formula is C26H33FN4O4S. The Balaban J connectivity index is 0.000000710. The number of aromatic nitrogens is 2. The fourth-order valence-corrected chi connectivity index (χ4v) is 2.79. The van der Waals surface area contributed by atoms with Crippen molar-refractivity contribution < 1.29 is 18.5 Å². The van der Waals surface area contributed by atoms with E-state index in [2.05, 4.69) is 10.3 Å². The van der Waals surface area contributed by atoms with E-state index < -0.39 is 17.3 Å². The Kier molecular flexibility index (Phi) is 12.4. The fourth-order valence-electron chi connectivity index (χ4n) is 2.68. The highest BCUT2D eigenvalue weighted by Crippen LogP contribution is 2.31. The summed E-state index contributed by atoms with van der Waals surface area (Å²) in [5.74, 6) is -1.06. The van der Waals surface area contributed by atoms with E-state index in [1.54, 1.807) is 25.1 Å². The van der Waals surface area contributed by atoms with Crippen molar-refractivity contribution in [1.29, 1.82) is 0 Å². The summed E-state index contributed by atoms with van der Waals surface area (Å²) >= 11 is 0.786. The molecule has 0 spiro atoms. The number of primary amides is 1. The van der Waals surface area contributed by atoms with Gasteiger partial charge in [-0.15, -0.1) is 0 Å². The van der Waals surface area contributed by atoms with Crippen molar-refractivity contribution in [3.8, 4) is 11.5 Å². The number of ether oxygens (including phenoxy) is 1. The zero-order valence-electron chi connectivity index (χ0n) is 21.5. The summed E-state index contributed by atoms with van der Waals surface area (Å²) in [5, 5.41) is 2.79. The van der Waals surface area contributed by atoms with Gasteiger partial charge in [0.05, 0.1) is 11.9 Å². The average molecular weight is 517 g/mol. The fraction of sp³-hybridized carbons (Fsp3) is 0.269. The summed E-state index contributed by atoms with van der Waals surface area (Å²) in [6, 6.07) is 9.07. The van der Waals surface area contributed by atoms with E-state index in [4.69, 9.17) is 15.0 Å². The number of hydrogen-bond donors (Lipinski definition) is 3. The van der Waals surface area contributed by atoms with Gasteiger partial charge in [0.1, 0.15) is 28.7 Å². The molecule has 2 heterocycles. The Bertz CT molecular complexity index is 1260. The second-order valence-electron chi connectivity index (χ2n) is 7.33. The first-order valence-corrected chi connectivity index (χ1v) is 12.0. The molecule has 36 heavy (non-hydrogen) atoms. The highest BCUT2D eigenvalue weighted by atomic mass is 32.2. The second-order valence-corrected chi connectivity index (χ2v) is 8.16. The van der Waals surface area contributed by atoms with E-state index in [0.717, 1.165) is 34.3 Å². The first kappa shape index (κ1) is 30.4. The van der Waals surface area contributed by atoms with Gasteiger partial charge in [-0.25, -0.2) is 4.39 Å². The van der Waals surface area contributed by atoms with Crippen molar-refractivity contribution in [2.75, 3.05) is 5.32 Å². The van der Waals surface area contributed by atoms with Crippen LogP contribution in [-0.4, -0.2) is 20.0 Å². The molecule has 1 aromatic carbocycles. The molecule has 0 bridgehead atoms. The summed E-state index contributed by atoms with van der Waals surface area (Å²) in [6.45, 7) is 11.3. The number of carbonyl (C=O) groups is 1. The lowest BCUT2D eigenvalue weighted by molar-refractivity contribution is 0.0998. The largest absolute Gasteiger partial charge is 0.455 e. The number of rotatable bonds is 6. The molecule has 0 radical (unpaired) electrons. The third-order valence-corrected chi connectivity index (χ3v) is 5.21. The molecule has 3 rings (SSSR count). The quantitative estimate of drug-likeness (QED) is 0.328. The zero-order chi connectivity index (χ0) is 27.4. The first-order chi connectivity index (χ1) is 17.1. The molecule has 3 aromatic rings. The summed E-state index contributed by atoms with van der Waals surface area (Å²) in [5.41, 5.74) is 6.61. The molecule has 0 aliphatic rings. The van der Waals surface area contributed by atoms with Gasteiger partial charge in [0.2, 0.25) is 0 Å². The lowest BCUT2D eigenvalue weighted by Crippen LogP contribution is -2.25. The van der Waals surface area contributed by atoms with Crippen molar-refractivity contribution in [1.82, 2.24) is 9.55 Å². The molecule has 10 heteroatoms. The smallest absolute Gasteiger partial charge is 0.256 e. The minimum absolute atomic E-state index is 0.0258. The lowest BCUT2D eigenvalue weighted by Gasteiger charge is -2.18. The number of nitrogens with one attached hydrogen (secondary N) is 1. The number of benzene rings is 1. The number of aryl methyl sites for hydroxylation is 2. The van der Waals surface area contributed by atoms with Crippen molar-refractivity contribution in [2.45, 2.75) is 41.5 Å². The third kappa shape index (κ3) is 8.54. The van der Waals surface area contributed by atoms with Gasteiger partial charge in [0, 0.05) is 35.8 Å². The van der Waals surface area contributed by atoms with Crippen LogP contribution in [-0.2, 0) is 7.05 Å². The van der Waals surface area contributed by atoms with E-state index in [1.807, 2.05) is 40.7 Å².